The molecule has 5 heteroatoms. The molecular formula is C16H17BrFNO2. The molecular weight excluding hydrogens is 337 g/mol. The van der Waals surface area contributed by atoms with Crippen molar-refractivity contribution in [2.45, 2.75) is 12.5 Å². The second-order valence-corrected chi connectivity index (χ2v) is 5.52. The summed E-state index contributed by atoms with van der Waals surface area (Å²) in [5.74, 6) is 0.887. The van der Waals surface area contributed by atoms with Crippen molar-refractivity contribution in [2.24, 2.45) is 5.73 Å². The molecule has 0 amide bonds. The van der Waals surface area contributed by atoms with Gasteiger partial charge in [0, 0.05) is 17.7 Å². The first-order valence-electron chi connectivity index (χ1n) is 6.46. The molecule has 0 heterocycles. The second kappa shape index (κ2) is 6.91. The van der Waals surface area contributed by atoms with Crippen molar-refractivity contribution in [2.75, 3.05) is 14.2 Å². The van der Waals surface area contributed by atoms with Crippen LogP contribution in [0.15, 0.2) is 40.9 Å². The maximum Gasteiger partial charge on any atom is 0.141 e. The van der Waals surface area contributed by atoms with Gasteiger partial charge in [-0.25, -0.2) is 4.39 Å². The van der Waals surface area contributed by atoms with E-state index in [9.17, 15) is 4.39 Å². The van der Waals surface area contributed by atoms with Gasteiger partial charge in [0.2, 0.25) is 0 Å². The van der Waals surface area contributed by atoms with E-state index in [0.29, 0.717) is 16.6 Å². The Balaban J connectivity index is 2.22. The Morgan fingerprint density at radius 1 is 1.14 bits per heavy atom. The molecule has 1 atom stereocenters. The molecule has 21 heavy (non-hydrogen) atoms. The van der Waals surface area contributed by atoms with Gasteiger partial charge in [-0.05, 0) is 46.1 Å². The third kappa shape index (κ3) is 3.74. The van der Waals surface area contributed by atoms with Gasteiger partial charge in [-0.3, -0.25) is 0 Å². The summed E-state index contributed by atoms with van der Waals surface area (Å²) in [5, 5.41) is 0. The Morgan fingerprint density at radius 3 is 2.38 bits per heavy atom. The van der Waals surface area contributed by atoms with Gasteiger partial charge in [-0.2, -0.15) is 0 Å². The first-order chi connectivity index (χ1) is 10.0. The first kappa shape index (κ1) is 15.8. The van der Waals surface area contributed by atoms with Crippen molar-refractivity contribution in [1.29, 1.82) is 0 Å². The summed E-state index contributed by atoms with van der Waals surface area (Å²) >= 11 is 3.18. The number of hydrogen-bond donors (Lipinski definition) is 1. The lowest BCUT2D eigenvalue weighted by molar-refractivity contribution is 0.401. The minimum Gasteiger partial charge on any atom is -0.497 e. The number of rotatable bonds is 5. The summed E-state index contributed by atoms with van der Waals surface area (Å²) in [5.41, 5.74) is 8.08. The lowest BCUT2D eigenvalue weighted by Gasteiger charge is -2.17. The largest absolute Gasteiger partial charge is 0.497 e. The smallest absolute Gasteiger partial charge is 0.141 e. The van der Waals surface area contributed by atoms with Crippen molar-refractivity contribution in [3.8, 4) is 11.5 Å². The van der Waals surface area contributed by atoms with Gasteiger partial charge in [0.1, 0.15) is 17.3 Å². The zero-order chi connectivity index (χ0) is 15.4. The summed E-state index contributed by atoms with van der Waals surface area (Å²) in [6.45, 7) is 0. The molecule has 3 nitrogen and oxygen atoms in total. The highest BCUT2D eigenvalue weighted by Crippen LogP contribution is 2.31. The van der Waals surface area contributed by atoms with Crippen molar-refractivity contribution >= 4 is 15.9 Å². The van der Waals surface area contributed by atoms with E-state index in [4.69, 9.17) is 15.2 Å². The fourth-order valence-electron chi connectivity index (χ4n) is 2.14. The average Bonchev–Trinajstić information content (AvgIpc) is 2.50. The van der Waals surface area contributed by atoms with Crippen LogP contribution in [0.25, 0.3) is 0 Å². The van der Waals surface area contributed by atoms with Gasteiger partial charge in [0.25, 0.3) is 0 Å². The lowest BCUT2D eigenvalue weighted by Crippen LogP contribution is -2.15. The lowest BCUT2D eigenvalue weighted by atomic mass is 9.98. The fraction of sp³-hybridized carbons (Fsp3) is 0.250. The van der Waals surface area contributed by atoms with E-state index in [1.54, 1.807) is 13.2 Å². The monoisotopic (exact) mass is 353 g/mol. The normalized spacial score (nSPS) is 12.0. The molecule has 0 radical (unpaired) electrons. The predicted octanol–water partition coefficient (Wildman–Crippen LogP) is 3.85. The molecule has 2 aromatic rings. The highest BCUT2D eigenvalue weighted by molar-refractivity contribution is 9.10. The van der Waals surface area contributed by atoms with E-state index in [1.165, 1.54) is 13.2 Å². The number of hydrogen-bond acceptors (Lipinski definition) is 3. The maximum absolute atomic E-state index is 13.5. The number of ether oxygens (including phenoxy) is 2. The Hall–Kier alpha value is -1.59. The van der Waals surface area contributed by atoms with Crippen LogP contribution in [0, 0.1) is 5.82 Å². The van der Waals surface area contributed by atoms with Crippen LogP contribution in [0.5, 0.6) is 11.5 Å². The van der Waals surface area contributed by atoms with Crippen molar-refractivity contribution < 1.29 is 13.9 Å². The number of benzene rings is 2. The van der Waals surface area contributed by atoms with Gasteiger partial charge in [0.05, 0.1) is 18.7 Å². The molecule has 0 bridgehead atoms. The van der Waals surface area contributed by atoms with E-state index in [1.807, 2.05) is 24.3 Å². The van der Waals surface area contributed by atoms with E-state index in [0.717, 1.165) is 16.9 Å². The Labute approximate surface area is 132 Å². The molecule has 0 aliphatic heterocycles. The molecule has 112 valence electrons. The minimum absolute atomic E-state index is 0.287. The molecule has 0 aliphatic rings. The van der Waals surface area contributed by atoms with Crippen LogP contribution in [0.1, 0.15) is 17.2 Å². The Kier molecular flexibility index (Phi) is 5.20. The van der Waals surface area contributed by atoms with Gasteiger partial charge < -0.3 is 15.2 Å². The molecule has 0 fully saturated rings. The van der Waals surface area contributed by atoms with Gasteiger partial charge >= 0.3 is 0 Å². The van der Waals surface area contributed by atoms with Crippen LogP contribution in [0.4, 0.5) is 4.39 Å². The van der Waals surface area contributed by atoms with E-state index in [-0.39, 0.29) is 11.9 Å². The van der Waals surface area contributed by atoms with Crippen LogP contribution in [-0.2, 0) is 6.42 Å². The molecule has 0 aromatic heterocycles. The molecule has 0 aliphatic carbocycles. The van der Waals surface area contributed by atoms with Gasteiger partial charge in [0.15, 0.2) is 0 Å². The second-order valence-electron chi connectivity index (χ2n) is 4.67. The van der Waals surface area contributed by atoms with Gasteiger partial charge in [-0.15, -0.1) is 0 Å². The Bertz CT molecular complexity index is 616. The minimum atomic E-state index is -0.368. The highest BCUT2D eigenvalue weighted by Gasteiger charge is 2.16. The first-order valence-corrected chi connectivity index (χ1v) is 7.26. The number of halogens is 2. The zero-order valence-corrected chi connectivity index (χ0v) is 13.5. The van der Waals surface area contributed by atoms with E-state index < -0.39 is 0 Å². The summed E-state index contributed by atoms with van der Waals surface area (Å²) in [6, 6.07) is 10.4. The fourth-order valence-corrected chi connectivity index (χ4v) is 2.50. The summed E-state index contributed by atoms with van der Waals surface area (Å²) in [4.78, 5) is 0. The molecule has 0 saturated heterocycles. The molecule has 2 aromatic carbocycles. The van der Waals surface area contributed by atoms with Crippen LogP contribution in [0.2, 0.25) is 0 Å². The van der Waals surface area contributed by atoms with E-state index in [2.05, 4.69) is 15.9 Å². The SMILES string of the molecule is COc1ccc(CC(N)c2cc(Br)c(F)cc2OC)cc1. The summed E-state index contributed by atoms with van der Waals surface area (Å²) in [7, 11) is 3.13. The number of methoxy groups -OCH3 is 2. The van der Waals surface area contributed by atoms with Crippen LogP contribution in [-0.4, -0.2) is 14.2 Å². The molecule has 2 rings (SSSR count). The quantitative estimate of drug-likeness (QED) is 0.887. The van der Waals surface area contributed by atoms with Crippen molar-refractivity contribution in [1.82, 2.24) is 0 Å². The van der Waals surface area contributed by atoms with Crippen molar-refractivity contribution in [3.63, 3.8) is 0 Å². The van der Waals surface area contributed by atoms with Crippen LogP contribution in [0.3, 0.4) is 0 Å². The van der Waals surface area contributed by atoms with Crippen LogP contribution >= 0.6 is 15.9 Å². The maximum atomic E-state index is 13.5. The molecule has 1 unspecified atom stereocenters. The highest BCUT2D eigenvalue weighted by atomic mass is 79.9. The topological polar surface area (TPSA) is 44.5 Å². The standard InChI is InChI=1S/C16H17BrFNO2/c1-20-11-5-3-10(4-6-11)7-15(19)12-8-13(17)14(18)9-16(12)21-2/h3-6,8-9,15H,7,19H2,1-2H3. The van der Waals surface area contributed by atoms with Gasteiger partial charge in [-0.1, -0.05) is 12.1 Å². The third-order valence-electron chi connectivity index (χ3n) is 3.29. The predicted molar refractivity (Wildman–Crippen MR) is 84.3 cm³/mol. The summed E-state index contributed by atoms with van der Waals surface area (Å²) < 4.78 is 24.3. The molecule has 0 spiro atoms. The molecule has 0 saturated carbocycles. The van der Waals surface area contributed by atoms with Crippen LogP contribution < -0.4 is 15.2 Å². The Morgan fingerprint density at radius 2 is 1.81 bits per heavy atom. The summed E-state index contributed by atoms with van der Waals surface area (Å²) in [6.07, 6.45) is 0.623. The zero-order valence-electron chi connectivity index (χ0n) is 11.9. The average molecular weight is 354 g/mol. The number of nitrogens with two attached hydrogens (primary N) is 1. The van der Waals surface area contributed by atoms with E-state index >= 15 is 0 Å². The molecule has 2 N–H and O–H groups in total. The third-order valence-corrected chi connectivity index (χ3v) is 3.89. The van der Waals surface area contributed by atoms with Crippen molar-refractivity contribution in [3.05, 3.63) is 57.8 Å².